The molecule has 0 aliphatic heterocycles. The van der Waals surface area contributed by atoms with Gasteiger partial charge in [0.05, 0.1) is 5.39 Å². The Morgan fingerprint density at radius 3 is 2.56 bits per heavy atom. The Morgan fingerprint density at radius 2 is 1.70 bits per heavy atom. The molecule has 0 unspecified atom stereocenters. The van der Waals surface area contributed by atoms with E-state index >= 15 is 0 Å². The van der Waals surface area contributed by atoms with Gasteiger partial charge in [0.2, 0.25) is 0 Å². The fourth-order valence-corrected chi connectivity index (χ4v) is 3.71. The van der Waals surface area contributed by atoms with E-state index in [9.17, 15) is 4.79 Å². The van der Waals surface area contributed by atoms with E-state index in [2.05, 4.69) is 40.2 Å². The van der Waals surface area contributed by atoms with Gasteiger partial charge in [-0.2, -0.15) is 0 Å². The fourth-order valence-electron chi connectivity index (χ4n) is 3.71. The molecule has 5 rings (SSSR count). The van der Waals surface area contributed by atoms with Crippen molar-refractivity contribution in [2.75, 3.05) is 5.32 Å². The molecule has 132 valence electrons. The molecule has 2 heterocycles. The minimum absolute atomic E-state index is 0.279. The molecular formula is C22H17N3O2. The van der Waals surface area contributed by atoms with Crippen LogP contribution in [-0.2, 0) is 6.54 Å². The van der Waals surface area contributed by atoms with Crippen LogP contribution in [0.1, 0.15) is 17.4 Å². The van der Waals surface area contributed by atoms with Crippen molar-refractivity contribution in [3.63, 3.8) is 0 Å². The lowest BCUT2D eigenvalue weighted by Crippen LogP contribution is -2.12. The highest BCUT2D eigenvalue weighted by molar-refractivity contribution is 6.13. The van der Waals surface area contributed by atoms with Gasteiger partial charge in [-0.25, -0.2) is 0 Å². The Labute approximate surface area is 155 Å². The lowest BCUT2D eigenvalue weighted by Gasteiger charge is -2.05. The van der Waals surface area contributed by atoms with Gasteiger partial charge in [-0.15, -0.1) is 0 Å². The van der Waals surface area contributed by atoms with E-state index in [-0.39, 0.29) is 5.91 Å². The van der Waals surface area contributed by atoms with Crippen LogP contribution in [0.4, 0.5) is 5.69 Å². The summed E-state index contributed by atoms with van der Waals surface area (Å²) < 4.78 is 7.52. The highest BCUT2D eigenvalue weighted by Crippen LogP contribution is 2.31. The van der Waals surface area contributed by atoms with E-state index in [1.54, 1.807) is 6.07 Å². The number of carbonyl (C=O) groups is 1. The summed E-state index contributed by atoms with van der Waals surface area (Å²) in [7, 11) is 0. The minimum Gasteiger partial charge on any atom is -0.355 e. The molecular weight excluding hydrogens is 338 g/mol. The Hall–Kier alpha value is -3.60. The van der Waals surface area contributed by atoms with Gasteiger partial charge in [0.1, 0.15) is 0 Å². The first-order valence-corrected chi connectivity index (χ1v) is 8.93. The van der Waals surface area contributed by atoms with Crippen LogP contribution < -0.4 is 5.32 Å². The first-order valence-electron chi connectivity index (χ1n) is 8.93. The number of nitrogens with one attached hydrogen (secondary N) is 1. The van der Waals surface area contributed by atoms with Crippen LogP contribution in [0, 0.1) is 0 Å². The number of rotatable bonds is 3. The molecule has 0 bridgehead atoms. The molecule has 1 amide bonds. The summed E-state index contributed by atoms with van der Waals surface area (Å²) in [6, 6.07) is 21.7. The van der Waals surface area contributed by atoms with Gasteiger partial charge in [0.25, 0.3) is 5.91 Å². The number of aryl methyl sites for hydroxylation is 1. The summed E-state index contributed by atoms with van der Waals surface area (Å²) in [5.41, 5.74) is 3.98. The van der Waals surface area contributed by atoms with Crippen LogP contribution in [0.2, 0.25) is 0 Å². The summed E-state index contributed by atoms with van der Waals surface area (Å²) >= 11 is 0. The number of hydrogen-bond donors (Lipinski definition) is 1. The molecule has 0 atom stereocenters. The molecule has 0 radical (unpaired) electrons. The van der Waals surface area contributed by atoms with Gasteiger partial charge >= 0.3 is 0 Å². The Balaban J connectivity index is 1.57. The smallest absolute Gasteiger partial charge is 0.278 e. The van der Waals surface area contributed by atoms with Crippen molar-refractivity contribution in [2.45, 2.75) is 13.5 Å². The Morgan fingerprint density at radius 1 is 0.963 bits per heavy atom. The van der Waals surface area contributed by atoms with Crippen LogP contribution in [-0.4, -0.2) is 15.6 Å². The molecule has 0 saturated heterocycles. The van der Waals surface area contributed by atoms with E-state index in [1.807, 2.05) is 42.5 Å². The molecule has 0 aliphatic rings. The van der Waals surface area contributed by atoms with Gasteiger partial charge in [0, 0.05) is 34.0 Å². The predicted molar refractivity (Wildman–Crippen MR) is 107 cm³/mol. The number of anilines is 1. The second-order valence-corrected chi connectivity index (χ2v) is 6.47. The molecule has 1 N–H and O–H groups in total. The highest BCUT2D eigenvalue weighted by Gasteiger charge is 2.17. The summed E-state index contributed by atoms with van der Waals surface area (Å²) in [5, 5.41) is 9.89. The third-order valence-electron chi connectivity index (χ3n) is 4.94. The van der Waals surface area contributed by atoms with E-state index in [0.717, 1.165) is 23.1 Å². The summed E-state index contributed by atoms with van der Waals surface area (Å²) in [4.78, 5) is 12.7. The number of para-hydroxylation sites is 2. The van der Waals surface area contributed by atoms with Crippen molar-refractivity contribution < 1.29 is 9.32 Å². The summed E-state index contributed by atoms with van der Waals surface area (Å²) in [6.07, 6.45) is 0. The number of nitrogens with zero attached hydrogens (tertiary/aromatic N) is 2. The quantitative estimate of drug-likeness (QED) is 0.483. The van der Waals surface area contributed by atoms with E-state index in [4.69, 9.17) is 4.52 Å². The minimum atomic E-state index is -0.279. The van der Waals surface area contributed by atoms with Gasteiger partial charge < -0.3 is 14.4 Å². The normalized spacial score (nSPS) is 11.4. The lowest BCUT2D eigenvalue weighted by molar-refractivity contribution is 0.102. The molecule has 3 aromatic carbocycles. The van der Waals surface area contributed by atoms with Gasteiger partial charge in [-0.05, 0) is 43.3 Å². The maximum absolute atomic E-state index is 12.7. The summed E-state index contributed by atoms with van der Waals surface area (Å²) in [5.74, 6) is -0.279. The molecule has 5 heteroatoms. The van der Waals surface area contributed by atoms with Crippen molar-refractivity contribution in [1.29, 1.82) is 0 Å². The molecule has 5 nitrogen and oxygen atoms in total. The van der Waals surface area contributed by atoms with Gasteiger partial charge in [-0.1, -0.05) is 35.5 Å². The molecule has 2 aromatic heterocycles. The van der Waals surface area contributed by atoms with E-state index in [1.165, 1.54) is 10.9 Å². The predicted octanol–water partition coefficient (Wildman–Crippen LogP) is 5.21. The van der Waals surface area contributed by atoms with Crippen LogP contribution in [0.25, 0.3) is 32.8 Å². The zero-order chi connectivity index (χ0) is 18.4. The highest BCUT2D eigenvalue weighted by atomic mass is 16.5. The van der Waals surface area contributed by atoms with Gasteiger partial charge in [0.15, 0.2) is 11.3 Å². The zero-order valence-corrected chi connectivity index (χ0v) is 14.8. The standard InChI is InChI=1S/C22H17N3O2/c1-2-25-18-9-5-3-7-15(18)17-13-14(11-12-19(17)25)23-22(26)21-16-8-4-6-10-20(16)27-24-21/h3-13H,2H2,1H3,(H,23,26). The number of hydrogen-bond acceptors (Lipinski definition) is 3. The summed E-state index contributed by atoms with van der Waals surface area (Å²) in [6.45, 7) is 3.03. The average Bonchev–Trinajstić information content (AvgIpc) is 3.27. The molecule has 0 aliphatic carbocycles. The molecule has 5 aromatic rings. The molecule has 0 saturated carbocycles. The van der Waals surface area contributed by atoms with Crippen LogP contribution in [0.15, 0.2) is 71.3 Å². The monoisotopic (exact) mass is 355 g/mol. The number of amides is 1. The molecule has 0 spiro atoms. The van der Waals surface area contributed by atoms with Crippen molar-refractivity contribution in [1.82, 2.24) is 9.72 Å². The fraction of sp³-hybridized carbons (Fsp3) is 0.0909. The number of carbonyl (C=O) groups excluding carboxylic acids is 1. The SMILES string of the molecule is CCn1c2ccccc2c2cc(NC(=O)c3noc4ccccc34)ccc21. The Bertz CT molecular complexity index is 1310. The second-order valence-electron chi connectivity index (χ2n) is 6.47. The van der Waals surface area contributed by atoms with Gasteiger partial charge in [-0.3, -0.25) is 4.79 Å². The first-order chi connectivity index (χ1) is 13.3. The van der Waals surface area contributed by atoms with Crippen molar-refractivity contribution >= 4 is 44.4 Å². The van der Waals surface area contributed by atoms with Crippen molar-refractivity contribution in [2.24, 2.45) is 0 Å². The maximum Gasteiger partial charge on any atom is 0.278 e. The number of fused-ring (bicyclic) bond motifs is 4. The molecule has 27 heavy (non-hydrogen) atoms. The average molecular weight is 355 g/mol. The lowest BCUT2D eigenvalue weighted by atomic mass is 10.1. The van der Waals surface area contributed by atoms with Crippen LogP contribution in [0.5, 0.6) is 0 Å². The number of benzene rings is 3. The van der Waals surface area contributed by atoms with Crippen LogP contribution >= 0.6 is 0 Å². The Kier molecular flexibility index (Phi) is 3.47. The van der Waals surface area contributed by atoms with Crippen molar-refractivity contribution in [3.05, 3.63) is 72.4 Å². The third kappa shape index (κ3) is 2.39. The molecule has 0 fully saturated rings. The zero-order valence-electron chi connectivity index (χ0n) is 14.8. The largest absolute Gasteiger partial charge is 0.355 e. The van der Waals surface area contributed by atoms with Crippen molar-refractivity contribution in [3.8, 4) is 0 Å². The topological polar surface area (TPSA) is 60.1 Å². The third-order valence-corrected chi connectivity index (χ3v) is 4.94. The van der Waals surface area contributed by atoms with Crippen LogP contribution in [0.3, 0.4) is 0 Å². The number of aromatic nitrogens is 2. The van der Waals surface area contributed by atoms with E-state index < -0.39 is 0 Å². The second kappa shape index (κ2) is 5.99. The first kappa shape index (κ1) is 15.6. The maximum atomic E-state index is 12.7. The van der Waals surface area contributed by atoms with E-state index in [0.29, 0.717) is 16.7 Å².